The van der Waals surface area contributed by atoms with Gasteiger partial charge >= 0.3 is 0 Å². The van der Waals surface area contributed by atoms with E-state index in [9.17, 15) is 0 Å². The highest BCUT2D eigenvalue weighted by molar-refractivity contribution is 9.10. The predicted octanol–water partition coefficient (Wildman–Crippen LogP) is 4.49. The van der Waals surface area contributed by atoms with E-state index in [1.807, 2.05) is 12.5 Å². The number of pyridine rings is 1. The van der Waals surface area contributed by atoms with Crippen LogP contribution in [0.15, 0.2) is 38.4 Å². The van der Waals surface area contributed by atoms with Gasteiger partial charge in [-0.25, -0.2) is 9.97 Å². The van der Waals surface area contributed by atoms with E-state index < -0.39 is 0 Å². The Morgan fingerprint density at radius 2 is 2.18 bits per heavy atom. The number of nitrogens with two attached hydrogens (primary N) is 1. The Morgan fingerprint density at radius 1 is 1.32 bits per heavy atom. The summed E-state index contributed by atoms with van der Waals surface area (Å²) < 4.78 is 2.33. The Labute approximate surface area is 149 Å². The molecule has 22 heavy (non-hydrogen) atoms. The van der Waals surface area contributed by atoms with Crippen LogP contribution in [0.1, 0.15) is 5.69 Å². The molecule has 0 unspecified atom stereocenters. The van der Waals surface area contributed by atoms with Crippen LogP contribution in [0.3, 0.4) is 0 Å². The third-order valence-corrected chi connectivity index (χ3v) is 6.34. The molecule has 3 aromatic rings. The maximum atomic E-state index is 5.79. The molecule has 0 radical (unpaired) electrons. The fourth-order valence-corrected chi connectivity index (χ4v) is 4.73. The van der Waals surface area contributed by atoms with E-state index in [1.54, 1.807) is 40.9 Å². The molecule has 3 heterocycles. The third-order valence-electron chi connectivity index (χ3n) is 2.97. The van der Waals surface area contributed by atoms with Crippen LogP contribution < -0.4 is 5.73 Å². The number of hydrogen-bond donors (Lipinski definition) is 1. The van der Waals surface area contributed by atoms with E-state index in [2.05, 4.69) is 42.3 Å². The Bertz CT molecular complexity index is 806. The second-order valence-electron chi connectivity index (χ2n) is 4.47. The summed E-state index contributed by atoms with van der Waals surface area (Å²) in [4.78, 5) is 13.2. The largest absolute Gasteiger partial charge is 0.384 e. The zero-order valence-electron chi connectivity index (χ0n) is 11.7. The Hall–Kier alpha value is -0.830. The zero-order chi connectivity index (χ0) is 15.5. The number of hydrogen-bond acceptors (Lipinski definition) is 7. The van der Waals surface area contributed by atoms with Crippen LogP contribution in [0.5, 0.6) is 0 Å². The van der Waals surface area contributed by atoms with E-state index in [4.69, 9.17) is 5.73 Å². The van der Waals surface area contributed by atoms with Crippen LogP contribution in [0.25, 0.3) is 10.1 Å². The summed E-state index contributed by atoms with van der Waals surface area (Å²) in [5.74, 6) is 1.39. The summed E-state index contributed by atoms with van der Waals surface area (Å²) in [5.41, 5.74) is 6.87. The third kappa shape index (κ3) is 3.73. The van der Waals surface area contributed by atoms with Gasteiger partial charge in [-0.05, 0) is 34.7 Å². The topological polar surface area (TPSA) is 64.7 Å². The quantitative estimate of drug-likeness (QED) is 0.378. The molecule has 114 valence electrons. The second-order valence-corrected chi connectivity index (χ2v) is 8.13. The fourth-order valence-electron chi connectivity index (χ4n) is 1.92. The van der Waals surface area contributed by atoms with Gasteiger partial charge in [0.05, 0.1) is 4.70 Å². The fraction of sp³-hybridized carbons (Fsp3) is 0.214. The lowest BCUT2D eigenvalue weighted by atomic mass is 10.2. The van der Waals surface area contributed by atoms with E-state index >= 15 is 0 Å². The number of anilines is 1. The number of halogens is 1. The lowest BCUT2D eigenvalue weighted by Gasteiger charge is -2.04. The van der Waals surface area contributed by atoms with E-state index in [0.717, 1.165) is 32.5 Å². The van der Waals surface area contributed by atoms with Gasteiger partial charge < -0.3 is 5.73 Å². The average molecular weight is 413 g/mol. The van der Waals surface area contributed by atoms with Gasteiger partial charge in [-0.1, -0.05) is 11.8 Å². The number of thioether (sulfide) groups is 2. The maximum Gasteiger partial charge on any atom is 0.190 e. The highest BCUT2D eigenvalue weighted by atomic mass is 79.9. The molecule has 0 aromatic carbocycles. The van der Waals surface area contributed by atoms with Crippen LogP contribution in [-0.4, -0.2) is 27.0 Å². The van der Waals surface area contributed by atoms with Crippen molar-refractivity contribution in [2.45, 2.75) is 16.6 Å². The standard InChI is InChI=1S/C14H13BrN4S3/c1-20-13-5-12(16)18-14(19-13)21-3-2-8-4-9-10(15)7-22-11(9)6-17-8/h4-7H,2-3H2,1H3,(H2,16,18,19). The number of nitrogen functional groups attached to an aromatic ring is 1. The van der Waals surface area contributed by atoms with Gasteiger partial charge in [-0.15, -0.1) is 23.1 Å². The van der Waals surface area contributed by atoms with Crippen molar-refractivity contribution in [3.05, 3.63) is 33.9 Å². The molecular weight excluding hydrogens is 400 g/mol. The molecule has 0 aliphatic carbocycles. The van der Waals surface area contributed by atoms with Gasteiger partial charge in [0.1, 0.15) is 10.8 Å². The molecule has 0 amide bonds. The molecule has 4 nitrogen and oxygen atoms in total. The Morgan fingerprint density at radius 3 is 3.00 bits per heavy atom. The van der Waals surface area contributed by atoms with E-state index in [1.165, 1.54) is 10.1 Å². The molecule has 2 N–H and O–H groups in total. The molecule has 3 rings (SSSR count). The van der Waals surface area contributed by atoms with Gasteiger partial charge in [0, 0.05) is 38.9 Å². The summed E-state index contributed by atoms with van der Waals surface area (Å²) in [5, 5.41) is 4.94. The summed E-state index contributed by atoms with van der Waals surface area (Å²) in [6.45, 7) is 0. The van der Waals surface area contributed by atoms with Crippen molar-refractivity contribution in [1.82, 2.24) is 15.0 Å². The molecule has 0 saturated carbocycles. The number of fused-ring (bicyclic) bond motifs is 1. The average Bonchev–Trinajstić information content (AvgIpc) is 2.88. The molecular formula is C14H13BrN4S3. The van der Waals surface area contributed by atoms with Crippen molar-refractivity contribution < 1.29 is 0 Å². The minimum Gasteiger partial charge on any atom is -0.384 e. The summed E-state index contributed by atoms with van der Waals surface area (Å²) >= 11 is 8.45. The van der Waals surface area contributed by atoms with Gasteiger partial charge in [0.2, 0.25) is 0 Å². The highest BCUT2D eigenvalue weighted by Gasteiger charge is 2.06. The van der Waals surface area contributed by atoms with Crippen molar-refractivity contribution in [2.75, 3.05) is 17.7 Å². The van der Waals surface area contributed by atoms with Crippen LogP contribution >= 0.6 is 50.8 Å². The lowest BCUT2D eigenvalue weighted by Crippen LogP contribution is -1.98. The molecule has 0 spiro atoms. The number of thiophene rings is 1. The molecule has 8 heteroatoms. The minimum absolute atomic E-state index is 0.517. The smallest absolute Gasteiger partial charge is 0.190 e. The molecule has 0 atom stereocenters. The van der Waals surface area contributed by atoms with Gasteiger partial charge in [0.15, 0.2) is 5.16 Å². The monoisotopic (exact) mass is 412 g/mol. The molecule has 0 aliphatic rings. The first-order valence-electron chi connectivity index (χ1n) is 6.48. The van der Waals surface area contributed by atoms with Gasteiger partial charge in [0.25, 0.3) is 0 Å². The van der Waals surface area contributed by atoms with Gasteiger partial charge in [-0.2, -0.15) is 0 Å². The first-order valence-corrected chi connectivity index (χ1v) is 10.4. The minimum atomic E-state index is 0.517. The molecule has 0 fully saturated rings. The predicted molar refractivity (Wildman–Crippen MR) is 100.0 cm³/mol. The summed E-state index contributed by atoms with van der Waals surface area (Å²) in [7, 11) is 0. The Balaban J connectivity index is 1.66. The van der Waals surface area contributed by atoms with Crippen LogP contribution in [0.2, 0.25) is 0 Å². The van der Waals surface area contributed by atoms with Crippen LogP contribution in [-0.2, 0) is 6.42 Å². The highest BCUT2D eigenvalue weighted by Crippen LogP contribution is 2.30. The number of aromatic nitrogens is 3. The summed E-state index contributed by atoms with van der Waals surface area (Å²) in [6, 6.07) is 3.93. The van der Waals surface area contributed by atoms with Crippen molar-refractivity contribution in [3.8, 4) is 0 Å². The normalized spacial score (nSPS) is 11.2. The maximum absolute atomic E-state index is 5.79. The number of rotatable bonds is 5. The van der Waals surface area contributed by atoms with Crippen molar-refractivity contribution in [2.24, 2.45) is 0 Å². The van der Waals surface area contributed by atoms with E-state index in [-0.39, 0.29) is 0 Å². The summed E-state index contributed by atoms with van der Waals surface area (Å²) in [6.07, 6.45) is 4.79. The molecule has 0 saturated heterocycles. The van der Waals surface area contributed by atoms with Crippen LogP contribution in [0, 0.1) is 0 Å². The second kappa shape index (κ2) is 7.16. The zero-order valence-corrected chi connectivity index (χ0v) is 15.8. The van der Waals surface area contributed by atoms with Crippen molar-refractivity contribution >= 4 is 66.7 Å². The number of nitrogens with zero attached hydrogens (tertiary/aromatic N) is 3. The van der Waals surface area contributed by atoms with E-state index in [0.29, 0.717) is 5.82 Å². The first-order chi connectivity index (χ1) is 10.7. The Kier molecular flexibility index (Phi) is 5.22. The SMILES string of the molecule is CSc1cc(N)nc(SCCc2cc3c(Br)csc3cn2)n1. The van der Waals surface area contributed by atoms with Crippen molar-refractivity contribution in [1.29, 1.82) is 0 Å². The van der Waals surface area contributed by atoms with Crippen molar-refractivity contribution in [3.63, 3.8) is 0 Å². The lowest BCUT2D eigenvalue weighted by molar-refractivity contribution is 0.898. The number of aryl methyl sites for hydroxylation is 1. The molecule has 0 bridgehead atoms. The van der Waals surface area contributed by atoms with Gasteiger partial charge in [-0.3, -0.25) is 4.98 Å². The first kappa shape index (κ1) is 16.0. The molecule has 0 aliphatic heterocycles. The van der Waals surface area contributed by atoms with Crippen LogP contribution in [0.4, 0.5) is 5.82 Å². The molecule has 3 aromatic heterocycles.